The van der Waals surface area contributed by atoms with Gasteiger partial charge in [-0.25, -0.2) is 0 Å². The summed E-state index contributed by atoms with van der Waals surface area (Å²) in [6.45, 7) is 9.18. The van der Waals surface area contributed by atoms with Gasteiger partial charge < -0.3 is 10.6 Å². The van der Waals surface area contributed by atoms with E-state index in [2.05, 4.69) is 25.7 Å². The smallest absolute Gasteiger partial charge is 0.254 e. The van der Waals surface area contributed by atoms with Gasteiger partial charge in [0, 0.05) is 23.7 Å². The van der Waals surface area contributed by atoms with Crippen LogP contribution in [0.15, 0.2) is 18.2 Å². The zero-order valence-electron chi connectivity index (χ0n) is 12.9. The fourth-order valence-corrected chi connectivity index (χ4v) is 2.11. The number of nitrogens with zero attached hydrogens (tertiary/aromatic N) is 1. The van der Waals surface area contributed by atoms with E-state index in [1.165, 1.54) is 0 Å². The number of aryl methyl sites for hydroxylation is 1. The van der Waals surface area contributed by atoms with Crippen molar-refractivity contribution in [2.75, 3.05) is 13.1 Å². The molecule has 0 aliphatic carbocycles. The first-order chi connectivity index (χ1) is 9.54. The topological polar surface area (TPSA) is 46.3 Å². The Morgan fingerprint density at radius 1 is 1.40 bits per heavy atom. The molecule has 108 valence electrons. The highest BCUT2D eigenvalue weighted by molar-refractivity contribution is 5.96. The standard InChI is InChI=1S/C17H24N2O/c1-5-14(4)19(6-2)17(20)16-12-15(8-7-11-18)10-9-13(16)3/h9-10,12,14H,5-6,11,18H2,1-4H3. The fraction of sp³-hybridized carbons (Fsp3) is 0.471. The van der Waals surface area contributed by atoms with E-state index in [9.17, 15) is 4.79 Å². The van der Waals surface area contributed by atoms with Gasteiger partial charge in [0.15, 0.2) is 0 Å². The summed E-state index contributed by atoms with van der Waals surface area (Å²) in [5.41, 5.74) is 7.93. The van der Waals surface area contributed by atoms with E-state index in [-0.39, 0.29) is 11.9 Å². The van der Waals surface area contributed by atoms with Gasteiger partial charge in [-0.1, -0.05) is 24.8 Å². The lowest BCUT2D eigenvalue weighted by Gasteiger charge is -2.28. The SMILES string of the molecule is CCC(C)N(CC)C(=O)c1cc(C#CCN)ccc1C. The lowest BCUT2D eigenvalue weighted by atomic mass is 10.0. The van der Waals surface area contributed by atoms with E-state index in [4.69, 9.17) is 5.73 Å². The maximum Gasteiger partial charge on any atom is 0.254 e. The van der Waals surface area contributed by atoms with Crippen LogP contribution in [-0.4, -0.2) is 29.9 Å². The van der Waals surface area contributed by atoms with Crippen molar-refractivity contribution in [2.24, 2.45) is 5.73 Å². The van der Waals surface area contributed by atoms with Crippen LogP contribution in [0.1, 0.15) is 48.7 Å². The maximum atomic E-state index is 12.7. The summed E-state index contributed by atoms with van der Waals surface area (Å²) in [5.74, 6) is 5.88. The minimum atomic E-state index is 0.0794. The number of hydrogen-bond acceptors (Lipinski definition) is 2. The van der Waals surface area contributed by atoms with Gasteiger partial charge in [0.1, 0.15) is 0 Å². The molecule has 1 atom stereocenters. The van der Waals surface area contributed by atoms with E-state index in [0.29, 0.717) is 13.1 Å². The van der Waals surface area contributed by atoms with E-state index in [0.717, 1.165) is 23.1 Å². The van der Waals surface area contributed by atoms with Crippen LogP contribution >= 0.6 is 0 Å². The van der Waals surface area contributed by atoms with Gasteiger partial charge in [-0.2, -0.15) is 0 Å². The number of carbonyl (C=O) groups excluding carboxylic acids is 1. The van der Waals surface area contributed by atoms with Crippen molar-refractivity contribution in [1.82, 2.24) is 4.90 Å². The molecule has 20 heavy (non-hydrogen) atoms. The minimum absolute atomic E-state index is 0.0794. The number of hydrogen-bond donors (Lipinski definition) is 1. The zero-order valence-corrected chi connectivity index (χ0v) is 12.9. The molecule has 0 fully saturated rings. The van der Waals surface area contributed by atoms with Crippen LogP contribution in [-0.2, 0) is 0 Å². The molecule has 0 aliphatic heterocycles. The fourth-order valence-electron chi connectivity index (χ4n) is 2.11. The molecule has 3 heteroatoms. The molecule has 0 aliphatic rings. The summed E-state index contributed by atoms with van der Waals surface area (Å²) in [6.07, 6.45) is 0.950. The molecule has 0 saturated carbocycles. The highest BCUT2D eigenvalue weighted by Gasteiger charge is 2.20. The van der Waals surface area contributed by atoms with E-state index < -0.39 is 0 Å². The predicted molar refractivity (Wildman–Crippen MR) is 83.6 cm³/mol. The summed E-state index contributed by atoms with van der Waals surface area (Å²) >= 11 is 0. The van der Waals surface area contributed by atoms with Crippen LogP contribution in [0.25, 0.3) is 0 Å². The Labute approximate surface area is 122 Å². The van der Waals surface area contributed by atoms with Gasteiger partial charge in [0.2, 0.25) is 0 Å². The third-order valence-corrected chi connectivity index (χ3v) is 3.53. The number of carbonyl (C=O) groups is 1. The second-order valence-corrected chi connectivity index (χ2v) is 4.88. The van der Waals surface area contributed by atoms with Crippen LogP contribution < -0.4 is 5.73 Å². The number of amides is 1. The maximum absolute atomic E-state index is 12.7. The van der Waals surface area contributed by atoms with Crippen molar-refractivity contribution in [3.8, 4) is 11.8 Å². The molecule has 0 saturated heterocycles. The van der Waals surface area contributed by atoms with Gasteiger partial charge in [0.25, 0.3) is 5.91 Å². The molecule has 0 spiro atoms. The van der Waals surface area contributed by atoms with Crippen molar-refractivity contribution < 1.29 is 4.79 Å². The Kier molecular flexibility index (Phi) is 6.27. The largest absolute Gasteiger partial charge is 0.336 e. The van der Waals surface area contributed by atoms with Gasteiger partial charge in [0.05, 0.1) is 6.54 Å². The summed E-state index contributed by atoms with van der Waals surface area (Å²) < 4.78 is 0. The molecular formula is C17H24N2O. The molecule has 0 bridgehead atoms. The molecule has 1 aromatic rings. The van der Waals surface area contributed by atoms with Crippen molar-refractivity contribution in [1.29, 1.82) is 0 Å². The number of rotatable bonds is 4. The molecule has 0 radical (unpaired) electrons. The Morgan fingerprint density at radius 2 is 2.10 bits per heavy atom. The quantitative estimate of drug-likeness (QED) is 0.856. The second-order valence-electron chi connectivity index (χ2n) is 4.88. The van der Waals surface area contributed by atoms with Gasteiger partial charge in [-0.05, 0) is 44.9 Å². The molecule has 0 heterocycles. The number of benzene rings is 1. The van der Waals surface area contributed by atoms with Crippen molar-refractivity contribution >= 4 is 5.91 Å². The Hall–Kier alpha value is -1.79. The third-order valence-electron chi connectivity index (χ3n) is 3.53. The molecule has 1 rings (SSSR count). The third kappa shape index (κ3) is 3.85. The highest BCUT2D eigenvalue weighted by Crippen LogP contribution is 2.16. The molecular weight excluding hydrogens is 248 g/mol. The lowest BCUT2D eigenvalue weighted by Crippen LogP contribution is -2.38. The van der Waals surface area contributed by atoms with Crippen LogP contribution in [0, 0.1) is 18.8 Å². The summed E-state index contributed by atoms with van der Waals surface area (Å²) in [6, 6.07) is 5.98. The molecule has 1 amide bonds. The van der Waals surface area contributed by atoms with Crippen LogP contribution in [0.5, 0.6) is 0 Å². The summed E-state index contributed by atoms with van der Waals surface area (Å²) in [7, 11) is 0. The lowest BCUT2D eigenvalue weighted by molar-refractivity contribution is 0.0699. The van der Waals surface area contributed by atoms with Gasteiger partial charge in [-0.15, -0.1) is 0 Å². The van der Waals surface area contributed by atoms with E-state index >= 15 is 0 Å². The van der Waals surface area contributed by atoms with Crippen molar-refractivity contribution in [3.05, 3.63) is 34.9 Å². The van der Waals surface area contributed by atoms with Crippen molar-refractivity contribution in [2.45, 2.75) is 40.2 Å². The minimum Gasteiger partial charge on any atom is -0.336 e. The Balaban J connectivity index is 3.13. The van der Waals surface area contributed by atoms with Crippen LogP contribution in [0.4, 0.5) is 0 Å². The van der Waals surface area contributed by atoms with Crippen LogP contribution in [0.2, 0.25) is 0 Å². The van der Waals surface area contributed by atoms with Crippen LogP contribution in [0.3, 0.4) is 0 Å². The molecule has 2 N–H and O–H groups in total. The predicted octanol–water partition coefficient (Wildman–Crippen LogP) is 2.57. The van der Waals surface area contributed by atoms with Gasteiger partial charge in [-0.3, -0.25) is 4.79 Å². The highest BCUT2D eigenvalue weighted by atomic mass is 16.2. The summed E-state index contributed by atoms with van der Waals surface area (Å²) in [4.78, 5) is 14.6. The van der Waals surface area contributed by atoms with E-state index in [1.54, 1.807) is 0 Å². The average molecular weight is 272 g/mol. The average Bonchev–Trinajstić information content (AvgIpc) is 2.46. The second kappa shape index (κ2) is 7.72. The molecule has 1 aromatic carbocycles. The molecule has 3 nitrogen and oxygen atoms in total. The molecule has 0 aromatic heterocycles. The summed E-state index contributed by atoms with van der Waals surface area (Å²) in [5, 5.41) is 0. The Morgan fingerprint density at radius 3 is 2.65 bits per heavy atom. The normalized spacial score (nSPS) is 11.4. The van der Waals surface area contributed by atoms with Crippen molar-refractivity contribution in [3.63, 3.8) is 0 Å². The molecule has 1 unspecified atom stereocenters. The van der Waals surface area contributed by atoms with E-state index in [1.807, 2.05) is 36.9 Å². The monoisotopic (exact) mass is 272 g/mol. The first-order valence-corrected chi connectivity index (χ1v) is 7.15. The first-order valence-electron chi connectivity index (χ1n) is 7.15. The Bertz CT molecular complexity index is 526. The van der Waals surface area contributed by atoms with Gasteiger partial charge >= 0.3 is 0 Å². The number of nitrogens with two attached hydrogens (primary N) is 1. The zero-order chi connectivity index (χ0) is 15.1. The first kappa shape index (κ1) is 16.3.